The molecule has 0 saturated carbocycles. The zero-order valence-corrected chi connectivity index (χ0v) is 15.6. The number of ether oxygens (including phenoxy) is 1. The van der Waals surface area contributed by atoms with Gasteiger partial charge in [0, 0.05) is 6.54 Å². The molecule has 1 amide bonds. The maximum Gasteiger partial charge on any atom is 0.411 e. The highest BCUT2D eigenvalue weighted by Crippen LogP contribution is 2.15. The summed E-state index contributed by atoms with van der Waals surface area (Å²) in [6, 6.07) is 28.2. The molecule has 1 unspecified atom stereocenters. The molecule has 0 saturated heterocycles. The minimum atomic E-state index is -0.606. The Balaban J connectivity index is 1.76. The van der Waals surface area contributed by atoms with Crippen LogP contribution in [0.15, 0.2) is 91.0 Å². The third-order valence-corrected chi connectivity index (χ3v) is 4.48. The third-order valence-electron chi connectivity index (χ3n) is 4.48. The van der Waals surface area contributed by atoms with E-state index in [0.717, 1.165) is 23.0 Å². The van der Waals surface area contributed by atoms with Crippen LogP contribution in [0.2, 0.25) is 0 Å². The third kappa shape index (κ3) is 5.55. The van der Waals surface area contributed by atoms with Crippen molar-refractivity contribution in [2.45, 2.75) is 25.6 Å². The molecule has 0 radical (unpaired) electrons. The normalized spacial score (nSPS) is 11.4. The number of rotatable bonds is 8. The molecule has 0 bridgehead atoms. The fourth-order valence-electron chi connectivity index (χ4n) is 2.99. The van der Waals surface area contributed by atoms with Crippen LogP contribution in [0.1, 0.15) is 16.7 Å². The maximum absolute atomic E-state index is 12.9. The Kier molecular flexibility index (Phi) is 6.96. The zero-order chi connectivity index (χ0) is 19.6. The monoisotopic (exact) mass is 373 g/mol. The van der Waals surface area contributed by atoms with Crippen molar-refractivity contribution in [1.29, 1.82) is 0 Å². The maximum atomic E-state index is 12.9. The van der Waals surface area contributed by atoms with Gasteiger partial charge in [-0.15, -0.1) is 0 Å². The molecule has 0 N–H and O–H groups in total. The lowest BCUT2D eigenvalue weighted by atomic mass is 10.1. The summed E-state index contributed by atoms with van der Waals surface area (Å²) in [4.78, 5) is 26.2. The topological polar surface area (TPSA) is 46.6 Å². The van der Waals surface area contributed by atoms with Crippen LogP contribution in [0.25, 0.3) is 0 Å². The first kappa shape index (κ1) is 19.4. The van der Waals surface area contributed by atoms with Crippen LogP contribution in [-0.4, -0.2) is 23.3 Å². The summed E-state index contributed by atoms with van der Waals surface area (Å²) in [5, 5.41) is 0. The van der Waals surface area contributed by atoms with Gasteiger partial charge in [-0.05, 0) is 23.1 Å². The molecule has 4 heteroatoms. The van der Waals surface area contributed by atoms with Gasteiger partial charge in [-0.1, -0.05) is 91.0 Å². The van der Waals surface area contributed by atoms with Crippen LogP contribution in [0, 0.1) is 0 Å². The number of hydrogen-bond donors (Lipinski definition) is 0. The fraction of sp³-hybridized carbons (Fsp3) is 0.167. The Bertz CT molecular complexity index is 866. The summed E-state index contributed by atoms with van der Waals surface area (Å²) in [6.07, 6.45) is 0.762. The Morgan fingerprint density at radius 2 is 1.29 bits per heavy atom. The van der Waals surface area contributed by atoms with Crippen molar-refractivity contribution in [3.8, 4) is 0 Å². The van der Waals surface area contributed by atoms with E-state index in [1.807, 2.05) is 91.0 Å². The second-order valence-corrected chi connectivity index (χ2v) is 6.55. The molecule has 3 aromatic rings. The van der Waals surface area contributed by atoms with Crippen molar-refractivity contribution in [3.63, 3.8) is 0 Å². The van der Waals surface area contributed by atoms with Crippen LogP contribution in [0.4, 0.5) is 4.79 Å². The molecule has 28 heavy (non-hydrogen) atoms. The number of aldehydes is 1. The lowest BCUT2D eigenvalue weighted by Crippen LogP contribution is -2.42. The van der Waals surface area contributed by atoms with E-state index in [4.69, 9.17) is 4.74 Å². The average Bonchev–Trinajstić information content (AvgIpc) is 2.76. The Hall–Kier alpha value is -3.40. The molecular formula is C24H23NO3. The molecule has 4 nitrogen and oxygen atoms in total. The Morgan fingerprint density at radius 1 is 0.786 bits per heavy atom. The second-order valence-electron chi connectivity index (χ2n) is 6.55. The summed E-state index contributed by atoms with van der Waals surface area (Å²) < 4.78 is 5.51. The van der Waals surface area contributed by atoms with Crippen molar-refractivity contribution >= 4 is 12.4 Å². The van der Waals surface area contributed by atoms with Crippen molar-refractivity contribution < 1.29 is 14.3 Å². The Labute approximate surface area is 165 Å². The van der Waals surface area contributed by atoms with Gasteiger partial charge in [0.15, 0.2) is 0 Å². The van der Waals surface area contributed by atoms with Gasteiger partial charge in [0.1, 0.15) is 12.9 Å². The van der Waals surface area contributed by atoms with Crippen LogP contribution < -0.4 is 0 Å². The molecule has 0 aliphatic rings. The van der Waals surface area contributed by atoms with E-state index < -0.39 is 12.1 Å². The lowest BCUT2D eigenvalue weighted by molar-refractivity contribution is -0.112. The van der Waals surface area contributed by atoms with E-state index in [-0.39, 0.29) is 6.61 Å². The van der Waals surface area contributed by atoms with Crippen LogP contribution in [0.3, 0.4) is 0 Å². The summed E-state index contributed by atoms with van der Waals surface area (Å²) in [5.41, 5.74) is 2.84. The first-order valence-electron chi connectivity index (χ1n) is 9.26. The van der Waals surface area contributed by atoms with Gasteiger partial charge in [0.05, 0.1) is 6.04 Å². The van der Waals surface area contributed by atoms with Crippen LogP contribution >= 0.6 is 0 Å². The predicted molar refractivity (Wildman–Crippen MR) is 109 cm³/mol. The number of carbonyl (C=O) groups is 2. The van der Waals surface area contributed by atoms with E-state index in [1.165, 1.54) is 4.90 Å². The van der Waals surface area contributed by atoms with Gasteiger partial charge in [0.25, 0.3) is 0 Å². The summed E-state index contributed by atoms with van der Waals surface area (Å²) in [7, 11) is 0. The molecular weight excluding hydrogens is 350 g/mol. The smallest absolute Gasteiger partial charge is 0.411 e. The molecule has 0 aromatic heterocycles. The summed E-state index contributed by atoms with van der Waals surface area (Å²) in [6.45, 7) is 0.479. The number of amides is 1. The minimum Gasteiger partial charge on any atom is -0.445 e. The van der Waals surface area contributed by atoms with Crippen molar-refractivity contribution in [2.24, 2.45) is 0 Å². The highest BCUT2D eigenvalue weighted by atomic mass is 16.6. The molecule has 0 aliphatic carbocycles. The van der Waals surface area contributed by atoms with Crippen molar-refractivity contribution in [3.05, 3.63) is 108 Å². The molecule has 0 heterocycles. The van der Waals surface area contributed by atoms with Gasteiger partial charge in [-0.2, -0.15) is 0 Å². The lowest BCUT2D eigenvalue weighted by Gasteiger charge is -2.28. The van der Waals surface area contributed by atoms with E-state index in [1.54, 1.807) is 0 Å². The van der Waals surface area contributed by atoms with Crippen molar-refractivity contribution in [2.75, 3.05) is 0 Å². The van der Waals surface area contributed by atoms with Gasteiger partial charge in [0.2, 0.25) is 0 Å². The second kappa shape index (κ2) is 10.1. The first-order valence-corrected chi connectivity index (χ1v) is 9.26. The van der Waals surface area contributed by atoms with E-state index in [2.05, 4.69) is 0 Å². The van der Waals surface area contributed by atoms with E-state index in [9.17, 15) is 9.59 Å². The molecule has 0 spiro atoms. The molecule has 3 rings (SSSR count). The highest BCUT2D eigenvalue weighted by Gasteiger charge is 2.25. The van der Waals surface area contributed by atoms with Gasteiger partial charge in [-0.25, -0.2) is 4.79 Å². The highest BCUT2D eigenvalue weighted by molar-refractivity contribution is 5.73. The number of carbonyl (C=O) groups excluding carboxylic acids is 2. The standard InChI is InChI=1S/C24H23NO3/c26-18-23(16-20-10-4-1-5-11-20)25(17-21-12-6-2-7-13-21)24(27)28-19-22-14-8-3-9-15-22/h1-15,18,23H,16-17,19H2. The van der Waals surface area contributed by atoms with Crippen molar-refractivity contribution in [1.82, 2.24) is 4.90 Å². The summed E-state index contributed by atoms with van der Waals surface area (Å²) >= 11 is 0. The Morgan fingerprint density at radius 3 is 1.82 bits per heavy atom. The first-order chi connectivity index (χ1) is 13.8. The van der Waals surface area contributed by atoms with Crippen LogP contribution in [-0.2, 0) is 29.1 Å². The van der Waals surface area contributed by atoms with E-state index >= 15 is 0 Å². The van der Waals surface area contributed by atoms with Gasteiger partial charge >= 0.3 is 6.09 Å². The summed E-state index contributed by atoms with van der Waals surface area (Å²) in [5.74, 6) is 0. The largest absolute Gasteiger partial charge is 0.445 e. The molecule has 0 aliphatic heterocycles. The SMILES string of the molecule is O=CC(Cc1ccccc1)N(Cc1ccccc1)C(=O)OCc1ccccc1. The number of benzene rings is 3. The molecule has 142 valence electrons. The fourth-order valence-corrected chi connectivity index (χ4v) is 2.99. The average molecular weight is 373 g/mol. The predicted octanol–water partition coefficient (Wildman–Crippen LogP) is 4.64. The molecule has 3 aromatic carbocycles. The van der Waals surface area contributed by atoms with Gasteiger partial charge < -0.3 is 9.53 Å². The quantitative estimate of drug-likeness (QED) is 0.541. The zero-order valence-electron chi connectivity index (χ0n) is 15.6. The molecule has 0 fully saturated rings. The number of hydrogen-bond acceptors (Lipinski definition) is 3. The number of nitrogens with zero attached hydrogens (tertiary/aromatic N) is 1. The molecule has 1 atom stereocenters. The minimum absolute atomic E-state index is 0.169. The van der Waals surface area contributed by atoms with Crippen LogP contribution in [0.5, 0.6) is 0 Å². The van der Waals surface area contributed by atoms with E-state index in [0.29, 0.717) is 13.0 Å². The van der Waals surface area contributed by atoms with Gasteiger partial charge in [-0.3, -0.25) is 4.90 Å².